The van der Waals surface area contributed by atoms with Crippen LogP contribution in [-0.4, -0.2) is 9.13 Å². The molecule has 0 saturated heterocycles. The van der Waals surface area contributed by atoms with Crippen LogP contribution in [0.3, 0.4) is 0 Å². The van der Waals surface area contributed by atoms with Gasteiger partial charge in [0.1, 0.15) is 0 Å². The molecule has 0 unspecified atom stereocenters. The molecule has 0 N–H and O–H groups in total. The first-order valence-electron chi connectivity index (χ1n) is 11.2. The zero-order chi connectivity index (χ0) is 22.2. The van der Waals surface area contributed by atoms with Gasteiger partial charge in [-0.15, -0.1) is 0 Å². The summed E-state index contributed by atoms with van der Waals surface area (Å²) in [5.74, 6) is 1.79. The summed E-state index contributed by atoms with van der Waals surface area (Å²) in [5, 5.41) is 0. The molecule has 0 radical (unpaired) electrons. The molecule has 2 aromatic carbocycles. The van der Waals surface area contributed by atoms with Crippen LogP contribution in [0.25, 0.3) is 11.4 Å². The number of benzene rings is 2. The molecule has 0 aliphatic rings. The Morgan fingerprint density at radius 3 is 1.03 bits per heavy atom. The average molecular weight is 444 g/mol. The van der Waals surface area contributed by atoms with Crippen molar-refractivity contribution < 1.29 is 15.6 Å². The summed E-state index contributed by atoms with van der Waals surface area (Å²) in [5.41, 5.74) is 8.06. The van der Waals surface area contributed by atoms with Gasteiger partial charge >= 0.3 is 191 Å². The second-order valence-electron chi connectivity index (χ2n) is 9.49. The Labute approximate surface area is 190 Å². The van der Waals surface area contributed by atoms with Gasteiger partial charge in [-0.3, -0.25) is 0 Å². The Balaban J connectivity index is 2.33. The Kier molecular flexibility index (Phi) is 6.94. The Morgan fingerprint density at radius 1 is 0.533 bits per heavy atom. The van der Waals surface area contributed by atoms with E-state index in [1.807, 2.05) is 0 Å². The maximum atomic E-state index is 4.56. The fourth-order valence-electron chi connectivity index (χ4n) is 4.28. The maximum absolute atomic E-state index is 4.56. The molecule has 0 amide bonds. The van der Waals surface area contributed by atoms with Crippen molar-refractivity contribution >= 4 is 0 Å². The van der Waals surface area contributed by atoms with Crippen LogP contribution in [0.4, 0.5) is 0 Å². The third kappa shape index (κ3) is 4.15. The van der Waals surface area contributed by atoms with Crippen LogP contribution in [0.2, 0.25) is 0 Å². The van der Waals surface area contributed by atoms with Crippen molar-refractivity contribution in [3.8, 4) is 11.4 Å². The zero-order valence-corrected chi connectivity index (χ0v) is 20.8. The Morgan fingerprint density at radius 2 is 0.800 bits per heavy atom. The van der Waals surface area contributed by atoms with Gasteiger partial charge in [0.25, 0.3) is 0 Å². The molecular formula is C27H36FeN2. The van der Waals surface area contributed by atoms with Gasteiger partial charge in [0, 0.05) is 0 Å². The topological polar surface area (TPSA) is 9.86 Å². The molecule has 0 spiro atoms. The van der Waals surface area contributed by atoms with E-state index < -0.39 is 0 Å². The van der Waals surface area contributed by atoms with E-state index in [0.29, 0.717) is 23.7 Å². The van der Waals surface area contributed by atoms with Crippen LogP contribution in [0.15, 0.2) is 48.8 Å². The molecule has 2 nitrogen and oxygen atoms in total. The van der Waals surface area contributed by atoms with Crippen molar-refractivity contribution in [1.29, 1.82) is 0 Å². The molecule has 0 saturated carbocycles. The van der Waals surface area contributed by atoms with Crippen LogP contribution in [-0.2, 0) is 15.6 Å². The third-order valence-corrected chi connectivity index (χ3v) is 6.45. The number of para-hydroxylation sites is 2. The van der Waals surface area contributed by atoms with Gasteiger partial charge < -0.3 is 0 Å². The number of imidazole rings is 1. The van der Waals surface area contributed by atoms with Crippen LogP contribution >= 0.6 is 0 Å². The zero-order valence-electron chi connectivity index (χ0n) is 19.7. The molecule has 1 heterocycles. The molecule has 1 aromatic heterocycles. The Bertz CT molecular complexity index is 944. The SMILES string of the molecule is CC(C)c1cccc(C(C)C)c1-n1ccn(-c2c(C(C)C)cccc2C(C)C)[c]1=[Fe]. The summed E-state index contributed by atoms with van der Waals surface area (Å²) in [6.45, 7) is 18.2. The quantitative estimate of drug-likeness (QED) is 0.343. The molecule has 3 aromatic rings. The first-order valence-corrected chi connectivity index (χ1v) is 11.7. The monoisotopic (exact) mass is 444 g/mol. The Hall–Kier alpha value is -1.83. The predicted octanol–water partition coefficient (Wildman–Crippen LogP) is 7.84. The molecule has 30 heavy (non-hydrogen) atoms. The molecule has 3 heteroatoms. The van der Waals surface area contributed by atoms with Crippen LogP contribution in [0.5, 0.6) is 0 Å². The molecule has 0 aliphatic heterocycles. The number of rotatable bonds is 6. The number of aromatic nitrogens is 2. The van der Waals surface area contributed by atoms with Crippen molar-refractivity contribution in [2.24, 2.45) is 0 Å². The van der Waals surface area contributed by atoms with E-state index in [9.17, 15) is 0 Å². The first kappa shape index (κ1) is 22.8. The van der Waals surface area contributed by atoms with Crippen LogP contribution in [0, 0.1) is 4.32 Å². The minimum absolute atomic E-state index is 0.447. The van der Waals surface area contributed by atoms with E-state index in [2.05, 4.69) is 129 Å². The van der Waals surface area contributed by atoms with Crippen molar-refractivity contribution in [3.05, 3.63) is 75.4 Å². The molecule has 3 rings (SSSR count). The second-order valence-corrected chi connectivity index (χ2v) is 9.98. The fourth-order valence-corrected chi connectivity index (χ4v) is 4.69. The van der Waals surface area contributed by atoms with E-state index in [-0.39, 0.29) is 0 Å². The van der Waals surface area contributed by atoms with E-state index >= 15 is 0 Å². The van der Waals surface area contributed by atoms with E-state index in [1.165, 1.54) is 33.6 Å². The summed E-state index contributed by atoms with van der Waals surface area (Å²) < 4.78 is 5.60. The number of nitrogens with zero attached hydrogens (tertiary/aromatic N) is 2. The van der Waals surface area contributed by atoms with Gasteiger partial charge in [-0.2, -0.15) is 0 Å². The van der Waals surface area contributed by atoms with Crippen molar-refractivity contribution in [2.45, 2.75) is 79.1 Å². The molecule has 0 aliphatic carbocycles. The van der Waals surface area contributed by atoms with Crippen LogP contribution in [0.1, 0.15) is 101 Å². The predicted molar refractivity (Wildman–Crippen MR) is 125 cm³/mol. The molecule has 0 fully saturated rings. The minimum atomic E-state index is 0.447. The first-order chi connectivity index (χ1) is 14.1. The second kappa shape index (κ2) is 9.12. The van der Waals surface area contributed by atoms with Gasteiger partial charge in [-0.1, -0.05) is 0 Å². The van der Waals surface area contributed by atoms with Gasteiger partial charge in [-0.25, -0.2) is 0 Å². The van der Waals surface area contributed by atoms with E-state index in [1.54, 1.807) is 0 Å². The molecular weight excluding hydrogens is 408 g/mol. The van der Waals surface area contributed by atoms with Crippen molar-refractivity contribution in [2.75, 3.05) is 0 Å². The summed E-state index contributed by atoms with van der Waals surface area (Å²) in [4.78, 5) is 0. The summed E-state index contributed by atoms with van der Waals surface area (Å²) in [7, 11) is 0. The summed E-state index contributed by atoms with van der Waals surface area (Å²) in [6.07, 6.45) is 4.38. The van der Waals surface area contributed by atoms with Gasteiger partial charge in [-0.05, 0) is 0 Å². The number of hydrogen-bond acceptors (Lipinski definition) is 0. The number of hydrogen-bond donors (Lipinski definition) is 0. The van der Waals surface area contributed by atoms with Gasteiger partial charge in [0.15, 0.2) is 0 Å². The summed E-state index contributed by atoms with van der Waals surface area (Å²) >= 11 is 4.56. The fraction of sp³-hybridized carbons (Fsp3) is 0.444. The van der Waals surface area contributed by atoms with E-state index in [4.69, 9.17) is 0 Å². The van der Waals surface area contributed by atoms with Crippen LogP contribution < -0.4 is 0 Å². The van der Waals surface area contributed by atoms with Gasteiger partial charge in [0.05, 0.1) is 0 Å². The standard InChI is InChI=1S/C27H36N2.Fe/c1-18(2)22-11-9-12-23(19(3)4)26(22)28-15-16-29(17-28)27-24(20(5)6)13-10-14-25(27)21(7)8;/h9-16,18-21H,1-8H3;. The third-order valence-electron chi connectivity index (χ3n) is 5.92. The average Bonchev–Trinajstić information content (AvgIpc) is 3.07. The van der Waals surface area contributed by atoms with Crippen molar-refractivity contribution in [3.63, 3.8) is 0 Å². The summed E-state index contributed by atoms with van der Waals surface area (Å²) in [6, 6.07) is 13.4. The normalized spacial score (nSPS) is 12.0. The molecule has 162 valence electrons. The van der Waals surface area contributed by atoms with Gasteiger partial charge in [0.2, 0.25) is 0 Å². The van der Waals surface area contributed by atoms with E-state index in [0.717, 1.165) is 4.32 Å². The molecule has 0 bridgehead atoms. The molecule has 0 atom stereocenters. The van der Waals surface area contributed by atoms with Crippen molar-refractivity contribution in [1.82, 2.24) is 9.13 Å².